The lowest BCUT2D eigenvalue weighted by Crippen LogP contribution is -2.15. The maximum Gasteiger partial charge on any atom is 0.228 e. The van der Waals surface area contributed by atoms with Gasteiger partial charge in [0.1, 0.15) is 0 Å². The third-order valence-electron chi connectivity index (χ3n) is 4.14. The van der Waals surface area contributed by atoms with Crippen molar-refractivity contribution in [3.8, 4) is 11.1 Å². The molecule has 24 heavy (non-hydrogen) atoms. The summed E-state index contributed by atoms with van der Waals surface area (Å²) in [6, 6.07) is 24.2. The van der Waals surface area contributed by atoms with Crippen molar-refractivity contribution in [1.82, 2.24) is 0 Å². The summed E-state index contributed by atoms with van der Waals surface area (Å²) in [5.74, 6) is 0.00494. The van der Waals surface area contributed by atoms with Gasteiger partial charge in [-0.2, -0.15) is 0 Å². The highest BCUT2D eigenvalue weighted by atomic mass is 16.1. The Morgan fingerprint density at radius 1 is 0.875 bits per heavy atom. The molecular formula is C22H21NO. The number of benzene rings is 3. The monoisotopic (exact) mass is 315 g/mol. The van der Waals surface area contributed by atoms with Crippen molar-refractivity contribution in [1.29, 1.82) is 0 Å². The fourth-order valence-electron chi connectivity index (χ4n) is 2.87. The van der Waals surface area contributed by atoms with E-state index in [2.05, 4.69) is 30.4 Å². The van der Waals surface area contributed by atoms with Gasteiger partial charge in [-0.1, -0.05) is 72.3 Å². The molecule has 0 aromatic heterocycles. The van der Waals surface area contributed by atoms with Gasteiger partial charge in [0, 0.05) is 11.3 Å². The van der Waals surface area contributed by atoms with E-state index in [0.29, 0.717) is 6.42 Å². The summed E-state index contributed by atoms with van der Waals surface area (Å²) in [6.07, 6.45) is 0.384. The zero-order valence-corrected chi connectivity index (χ0v) is 14.0. The molecule has 2 nitrogen and oxygen atoms in total. The van der Waals surface area contributed by atoms with Gasteiger partial charge in [0.05, 0.1) is 6.42 Å². The van der Waals surface area contributed by atoms with Crippen molar-refractivity contribution in [3.63, 3.8) is 0 Å². The number of hydrogen-bond donors (Lipinski definition) is 1. The Bertz CT molecular complexity index is 853. The fourth-order valence-corrected chi connectivity index (χ4v) is 2.87. The summed E-state index contributed by atoms with van der Waals surface area (Å²) in [5, 5.41) is 3.06. The van der Waals surface area contributed by atoms with E-state index in [9.17, 15) is 4.79 Å². The van der Waals surface area contributed by atoms with E-state index in [0.717, 1.165) is 27.9 Å². The van der Waals surface area contributed by atoms with E-state index in [1.165, 1.54) is 5.56 Å². The third kappa shape index (κ3) is 3.72. The van der Waals surface area contributed by atoms with Gasteiger partial charge in [-0.25, -0.2) is 0 Å². The number of rotatable bonds is 4. The van der Waals surface area contributed by atoms with Crippen LogP contribution in [0.5, 0.6) is 0 Å². The first-order valence-electron chi connectivity index (χ1n) is 8.14. The zero-order valence-electron chi connectivity index (χ0n) is 14.0. The molecule has 120 valence electrons. The molecule has 3 aromatic rings. The van der Waals surface area contributed by atoms with Crippen molar-refractivity contribution in [2.75, 3.05) is 5.32 Å². The lowest BCUT2D eigenvalue weighted by atomic mass is 10.0. The molecule has 3 rings (SSSR count). The molecule has 0 saturated heterocycles. The van der Waals surface area contributed by atoms with Crippen molar-refractivity contribution >= 4 is 11.6 Å². The molecule has 0 radical (unpaired) electrons. The highest BCUT2D eigenvalue weighted by Gasteiger charge is 2.10. The van der Waals surface area contributed by atoms with Gasteiger partial charge in [0.15, 0.2) is 0 Å². The Kier molecular flexibility index (Phi) is 4.76. The zero-order chi connectivity index (χ0) is 16.9. The van der Waals surface area contributed by atoms with Crippen LogP contribution < -0.4 is 5.32 Å². The summed E-state index contributed by atoms with van der Waals surface area (Å²) in [6.45, 7) is 4.11. The minimum atomic E-state index is 0.00494. The average Bonchev–Trinajstić information content (AvgIpc) is 2.59. The van der Waals surface area contributed by atoms with Gasteiger partial charge in [-0.15, -0.1) is 0 Å². The Labute approximate surface area is 143 Å². The second-order valence-corrected chi connectivity index (χ2v) is 6.07. The van der Waals surface area contributed by atoms with Crippen LogP contribution in [0.4, 0.5) is 5.69 Å². The van der Waals surface area contributed by atoms with Gasteiger partial charge < -0.3 is 5.32 Å². The lowest BCUT2D eigenvalue weighted by Gasteiger charge is -2.12. The van der Waals surface area contributed by atoms with Gasteiger partial charge in [-0.05, 0) is 36.6 Å². The fraction of sp³-hybridized carbons (Fsp3) is 0.136. The van der Waals surface area contributed by atoms with Crippen LogP contribution >= 0.6 is 0 Å². The third-order valence-corrected chi connectivity index (χ3v) is 4.14. The number of anilines is 1. The number of nitrogens with one attached hydrogen (secondary N) is 1. The Morgan fingerprint density at radius 3 is 2.33 bits per heavy atom. The first-order chi connectivity index (χ1) is 11.6. The van der Waals surface area contributed by atoms with E-state index in [1.807, 2.05) is 61.5 Å². The molecule has 3 aromatic carbocycles. The van der Waals surface area contributed by atoms with Crippen LogP contribution in [0.25, 0.3) is 11.1 Å². The Morgan fingerprint density at radius 2 is 1.58 bits per heavy atom. The van der Waals surface area contributed by atoms with Gasteiger partial charge in [-0.3, -0.25) is 4.79 Å². The summed E-state index contributed by atoms with van der Waals surface area (Å²) in [7, 11) is 0. The quantitative estimate of drug-likeness (QED) is 0.708. The molecule has 0 unspecified atom stereocenters. The van der Waals surface area contributed by atoms with E-state index in [4.69, 9.17) is 0 Å². The summed E-state index contributed by atoms with van der Waals surface area (Å²) < 4.78 is 0. The predicted molar refractivity (Wildman–Crippen MR) is 100 cm³/mol. The molecular weight excluding hydrogens is 294 g/mol. The molecule has 0 atom stereocenters. The van der Waals surface area contributed by atoms with Crippen molar-refractivity contribution in [2.45, 2.75) is 20.3 Å². The van der Waals surface area contributed by atoms with E-state index in [-0.39, 0.29) is 5.91 Å². The van der Waals surface area contributed by atoms with E-state index in [1.54, 1.807) is 0 Å². The molecule has 0 aliphatic carbocycles. The van der Waals surface area contributed by atoms with Crippen LogP contribution in [0.2, 0.25) is 0 Å². The van der Waals surface area contributed by atoms with Crippen LogP contribution in [0, 0.1) is 13.8 Å². The molecule has 0 aliphatic rings. The molecule has 0 bridgehead atoms. The van der Waals surface area contributed by atoms with Gasteiger partial charge >= 0.3 is 0 Å². The van der Waals surface area contributed by atoms with Crippen LogP contribution in [-0.2, 0) is 11.2 Å². The number of carbonyl (C=O) groups excluding carboxylic acids is 1. The average molecular weight is 315 g/mol. The Hall–Kier alpha value is -2.87. The number of carbonyl (C=O) groups is 1. The minimum Gasteiger partial charge on any atom is -0.325 e. The molecule has 2 heteroatoms. The highest BCUT2D eigenvalue weighted by Crippen LogP contribution is 2.27. The van der Waals surface area contributed by atoms with Gasteiger partial charge in [0.2, 0.25) is 5.91 Å². The smallest absolute Gasteiger partial charge is 0.228 e. The minimum absolute atomic E-state index is 0.00494. The maximum absolute atomic E-state index is 12.5. The summed E-state index contributed by atoms with van der Waals surface area (Å²) in [4.78, 5) is 12.5. The summed E-state index contributed by atoms with van der Waals surface area (Å²) in [5.41, 5.74) is 6.41. The van der Waals surface area contributed by atoms with E-state index >= 15 is 0 Å². The number of para-hydroxylation sites is 1. The molecule has 0 aliphatic heterocycles. The molecule has 1 N–H and O–H groups in total. The maximum atomic E-state index is 12.5. The van der Waals surface area contributed by atoms with Crippen LogP contribution in [0.3, 0.4) is 0 Å². The second kappa shape index (κ2) is 7.14. The number of amides is 1. The SMILES string of the molecule is Cc1ccc(CC(=O)Nc2ccccc2-c2ccccc2)c(C)c1. The van der Waals surface area contributed by atoms with Crippen molar-refractivity contribution in [3.05, 3.63) is 89.5 Å². The number of hydrogen-bond acceptors (Lipinski definition) is 1. The predicted octanol–water partition coefficient (Wildman–Crippen LogP) is 5.15. The van der Waals surface area contributed by atoms with E-state index < -0.39 is 0 Å². The van der Waals surface area contributed by atoms with Crippen LogP contribution in [0.15, 0.2) is 72.8 Å². The Balaban J connectivity index is 1.80. The highest BCUT2D eigenvalue weighted by molar-refractivity contribution is 5.96. The summed E-state index contributed by atoms with van der Waals surface area (Å²) >= 11 is 0. The second-order valence-electron chi connectivity index (χ2n) is 6.07. The molecule has 0 spiro atoms. The first kappa shape index (κ1) is 16.0. The number of aryl methyl sites for hydroxylation is 2. The molecule has 0 saturated carbocycles. The standard InChI is InChI=1S/C22H21NO/c1-16-12-13-19(17(2)14-16)15-22(24)23-21-11-7-6-10-20(21)18-8-4-3-5-9-18/h3-14H,15H2,1-2H3,(H,23,24). The van der Waals surface area contributed by atoms with Crippen molar-refractivity contribution in [2.24, 2.45) is 0 Å². The van der Waals surface area contributed by atoms with Gasteiger partial charge in [0.25, 0.3) is 0 Å². The van der Waals surface area contributed by atoms with Crippen LogP contribution in [-0.4, -0.2) is 5.91 Å². The molecule has 0 fully saturated rings. The first-order valence-corrected chi connectivity index (χ1v) is 8.14. The molecule has 0 heterocycles. The lowest BCUT2D eigenvalue weighted by molar-refractivity contribution is -0.115. The van der Waals surface area contributed by atoms with Crippen molar-refractivity contribution < 1.29 is 4.79 Å². The molecule has 1 amide bonds. The topological polar surface area (TPSA) is 29.1 Å². The largest absolute Gasteiger partial charge is 0.325 e. The van der Waals surface area contributed by atoms with Crippen LogP contribution in [0.1, 0.15) is 16.7 Å². The normalized spacial score (nSPS) is 10.4.